The zero-order valence-corrected chi connectivity index (χ0v) is 12.7. The molecule has 1 rings (SSSR count). The smallest absolute Gasteiger partial charge is 0.129 e. The Morgan fingerprint density at radius 2 is 1.80 bits per heavy atom. The Morgan fingerprint density at radius 1 is 1.10 bits per heavy atom. The summed E-state index contributed by atoms with van der Waals surface area (Å²) in [7, 11) is 3.23. The second-order valence-electron chi connectivity index (χ2n) is 4.06. The lowest BCUT2D eigenvalue weighted by Crippen LogP contribution is -2.11. The van der Waals surface area contributed by atoms with Gasteiger partial charge in [0.15, 0.2) is 0 Å². The van der Waals surface area contributed by atoms with E-state index >= 15 is 0 Å². The lowest BCUT2D eigenvalue weighted by atomic mass is 10.1. The summed E-state index contributed by atoms with van der Waals surface area (Å²) in [4.78, 5) is 0.320. The molecule has 0 aliphatic rings. The third-order valence-electron chi connectivity index (χ3n) is 2.60. The Morgan fingerprint density at radius 3 is 2.45 bits per heavy atom. The highest BCUT2D eigenvalue weighted by Crippen LogP contribution is 2.20. The second kappa shape index (κ2) is 9.66. The first-order valence-electron chi connectivity index (χ1n) is 6.30. The van der Waals surface area contributed by atoms with E-state index in [1.54, 1.807) is 14.2 Å². The van der Waals surface area contributed by atoms with Gasteiger partial charge in [-0.25, -0.2) is 0 Å². The SMILES string of the molecule is COCCOCCOCc1ccc(C(N)=S)c(OC)c1. The molecule has 0 saturated carbocycles. The maximum atomic E-state index is 5.61. The number of nitrogens with two attached hydrogens (primary N) is 1. The van der Waals surface area contributed by atoms with Crippen LogP contribution < -0.4 is 10.5 Å². The minimum atomic E-state index is 0.320. The van der Waals surface area contributed by atoms with E-state index in [2.05, 4.69) is 0 Å². The highest BCUT2D eigenvalue weighted by molar-refractivity contribution is 7.80. The van der Waals surface area contributed by atoms with E-state index in [1.807, 2.05) is 18.2 Å². The van der Waals surface area contributed by atoms with Crippen molar-refractivity contribution in [3.63, 3.8) is 0 Å². The summed E-state index contributed by atoms with van der Waals surface area (Å²) in [6.45, 7) is 2.74. The van der Waals surface area contributed by atoms with Crippen molar-refractivity contribution in [1.29, 1.82) is 0 Å². The summed E-state index contributed by atoms with van der Waals surface area (Å²) in [5.74, 6) is 0.662. The Hall–Kier alpha value is -1.21. The van der Waals surface area contributed by atoms with Crippen LogP contribution in [0.3, 0.4) is 0 Å². The molecule has 0 aromatic heterocycles. The fourth-order valence-corrected chi connectivity index (χ4v) is 1.75. The molecule has 6 heteroatoms. The first-order valence-corrected chi connectivity index (χ1v) is 6.71. The van der Waals surface area contributed by atoms with Gasteiger partial charge in [-0.3, -0.25) is 0 Å². The molecule has 0 aliphatic heterocycles. The average molecular weight is 299 g/mol. The minimum Gasteiger partial charge on any atom is -0.496 e. The Balaban J connectivity index is 2.35. The number of hydrogen-bond donors (Lipinski definition) is 1. The van der Waals surface area contributed by atoms with E-state index < -0.39 is 0 Å². The van der Waals surface area contributed by atoms with Gasteiger partial charge in [0.05, 0.1) is 45.7 Å². The average Bonchev–Trinajstić information content (AvgIpc) is 2.45. The predicted octanol–water partition coefficient (Wildman–Crippen LogP) is 1.51. The highest BCUT2D eigenvalue weighted by atomic mass is 32.1. The molecule has 0 spiro atoms. The van der Waals surface area contributed by atoms with Crippen LogP contribution in [0.25, 0.3) is 0 Å². The number of ether oxygens (including phenoxy) is 4. The van der Waals surface area contributed by atoms with Crippen LogP contribution in [-0.4, -0.2) is 45.6 Å². The molecule has 2 N–H and O–H groups in total. The van der Waals surface area contributed by atoms with Gasteiger partial charge in [-0.15, -0.1) is 0 Å². The lowest BCUT2D eigenvalue weighted by molar-refractivity contribution is 0.0199. The number of methoxy groups -OCH3 is 2. The van der Waals surface area contributed by atoms with Crippen molar-refractivity contribution in [2.75, 3.05) is 40.6 Å². The van der Waals surface area contributed by atoms with Crippen molar-refractivity contribution in [3.05, 3.63) is 29.3 Å². The molecule has 20 heavy (non-hydrogen) atoms. The van der Waals surface area contributed by atoms with Crippen molar-refractivity contribution in [3.8, 4) is 5.75 Å². The van der Waals surface area contributed by atoms with Crippen molar-refractivity contribution in [2.45, 2.75) is 6.61 Å². The third-order valence-corrected chi connectivity index (χ3v) is 2.82. The van der Waals surface area contributed by atoms with Crippen LogP contribution in [0, 0.1) is 0 Å². The molecular formula is C14H21NO4S. The summed E-state index contributed by atoms with van der Waals surface area (Å²) in [6.07, 6.45) is 0. The summed E-state index contributed by atoms with van der Waals surface area (Å²) in [5.41, 5.74) is 7.34. The molecule has 0 saturated heterocycles. The lowest BCUT2D eigenvalue weighted by Gasteiger charge is -2.10. The Labute approximate surface area is 125 Å². The van der Waals surface area contributed by atoms with E-state index in [1.165, 1.54) is 0 Å². The first kappa shape index (κ1) is 16.8. The van der Waals surface area contributed by atoms with E-state index in [4.69, 9.17) is 36.9 Å². The van der Waals surface area contributed by atoms with Crippen LogP contribution in [0.15, 0.2) is 18.2 Å². The maximum Gasteiger partial charge on any atom is 0.129 e. The van der Waals surface area contributed by atoms with Gasteiger partial charge in [-0.2, -0.15) is 0 Å². The van der Waals surface area contributed by atoms with Crippen LogP contribution in [0.2, 0.25) is 0 Å². The zero-order chi connectivity index (χ0) is 14.8. The molecule has 0 heterocycles. The molecule has 0 fully saturated rings. The van der Waals surface area contributed by atoms with Crippen molar-refractivity contribution >= 4 is 17.2 Å². The molecule has 0 aliphatic carbocycles. The van der Waals surface area contributed by atoms with E-state index in [0.29, 0.717) is 43.8 Å². The normalized spacial score (nSPS) is 10.5. The van der Waals surface area contributed by atoms with Crippen LogP contribution in [0.5, 0.6) is 5.75 Å². The summed E-state index contributed by atoms with van der Waals surface area (Å²) in [5, 5.41) is 0. The zero-order valence-electron chi connectivity index (χ0n) is 11.9. The van der Waals surface area contributed by atoms with Crippen molar-refractivity contribution in [2.24, 2.45) is 5.73 Å². The highest BCUT2D eigenvalue weighted by Gasteiger charge is 2.06. The molecule has 5 nitrogen and oxygen atoms in total. The van der Waals surface area contributed by atoms with Crippen LogP contribution in [0.4, 0.5) is 0 Å². The van der Waals surface area contributed by atoms with Gasteiger partial charge in [0.1, 0.15) is 10.7 Å². The summed E-state index contributed by atoms with van der Waals surface area (Å²) < 4.78 is 20.9. The fourth-order valence-electron chi connectivity index (χ4n) is 1.58. The van der Waals surface area contributed by atoms with Crippen molar-refractivity contribution < 1.29 is 18.9 Å². The van der Waals surface area contributed by atoms with E-state index in [9.17, 15) is 0 Å². The second-order valence-corrected chi connectivity index (χ2v) is 4.50. The molecule has 0 atom stereocenters. The molecule has 0 bridgehead atoms. The fraction of sp³-hybridized carbons (Fsp3) is 0.500. The predicted molar refractivity (Wildman–Crippen MR) is 81.2 cm³/mol. The monoisotopic (exact) mass is 299 g/mol. The van der Waals surface area contributed by atoms with Gasteiger partial charge in [-0.05, 0) is 17.7 Å². The first-order chi connectivity index (χ1) is 9.69. The van der Waals surface area contributed by atoms with Gasteiger partial charge in [0.25, 0.3) is 0 Å². The van der Waals surface area contributed by atoms with Crippen LogP contribution in [-0.2, 0) is 20.8 Å². The third kappa shape index (κ3) is 5.83. The van der Waals surface area contributed by atoms with Crippen LogP contribution >= 0.6 is 12.2 Å². The Bertz CT molecular complexity index is 426. The summed E-state index contributed by atoms with van der Waals surface area (Å²) in [6, 6.07) is 5.64. The molecule has 0 radical (unpaired) electrons. The van der Waals surface area contributed by atoms with Gasteiger partial charge in [0.2, 0.25) is 0 Å². The molecule has 1 aromatic rings. The Kier molecular flexibility index (Phi) is 8.13. The van der Waals surface area contributed by atoms with E-state index in [-0.39, 0.29) is 0 Å². The van der Waals surface area contributed by atoms with Crippen molar-refractivity contribution in [1.82, 2.24) is 0 Å². The van der Waals surface area contributed by atoms with Gasteiger partial charge in [0, 0.05) is 7.11 Å². The number of hydrogen-bond acceptors (Lipinski definition) is 5. The number of rotatable bonds is 10. The molecular weight excluding hydrogens is 278 g/mol. The van der Waals surface area contributed by atoms with E-state index in [0.717, 1.165) is 11.1 Å². The van der Waals surface area contributed by atoms with Gasteiger partial charge < -0.3 is 24.7 Å². The molecule has 112 valence electrons. The standard InChI is InChI=1S/C14H21NO4S/c1-16-5-6-18-7-8-19-10-11-3-4-12(14(15)20)13(9-11)17-2/h3-4,9H,5-8,10H2,1-2H3,(H2,15,20). The quantitative estimate of drug-likeness (QED) is 0.522. The molecule has 1 aromatic carbocycles. The molecule has 0 unspecified atom stereocenters. The maximum absolute atomic E-state index is 5.61. The van der Waals surface area contributed by atoms with Gasteiger partial charge >= 0.3 is 0 Å². The number of benzene rings is 1. The van der Waals surface area contributed by atoms with Gasteiger partial charge in [-0.1, -0.05) is 18.3 Å². The number of thiocarbonyl (C=S) groups is 1. The minimum absolute atomic E-state index is 0.320. The largest absolute Gasteiger partial charge is 0.496 e. The topological polar surface area (TPSA) is 62.9 Å². The summed E-state index contributed by atoms with van der Waals surface area (Å²) >= 11 is 4.96. The molecule has 0 amide bonds. The van der Waals surface area contributed by atoms with Crippen LogP contribution in [0.1, 0.15) is 11.1 Å².